The summed E-state index contributed by atoms with van der Waals surface area (Å²) in [7, 11) is 0. The van der Waals surface area contributed by atoms with Crippen LogP contribution in [0.2, 0.25) is 0 Å². The van der Waals surface area contributed by atoms with Gasteiger partial charge in [-0.1, -0.05) is 32.6 Å². The van der Waals surface area contributed by atoms with Gasteiger partial charge in [0.2, 0.25) is 5.91 Å². The van der Waals surface area contributed by atoms with Gasteiger partial charge in [-0.05, 0) is 19.4 Å². The van der Waals surface area contributed by atoms with Crippen LogP contribution in [0.15, 0.2) is 18.5 Å². The van der Waals surface area contributed by atoms with Gasteiger partial charge in [-0.3, -0.25) is 4.79 Å². The number of rotatable bonds is 8. The lowest BCUT2D eigenvalue weighted by atomic mass is 10.1. The van der Waals surface area contributed by atoms with Crippen molar-refractivity contribution in [1.82, 2.24) is 24.9 Å². The summed E-state index contributed by atoms with van der Waals surface area (Å²) >= 11 is 0. The van der Waals surface area contributed by atoms with Crippen LogP contribution in [0.3, 0.4) is 0 Å². The minimum absolute atomic E-state index is 0.0334. The lowest BCUT2D eigenvalue weighted by Gasteiger charge is -2.12. The standard InChI is InChI=1S/C15H23N5O/c1-3-4-5-6-8-12(2)17-14(21)11-13-18-15-16-9-7-10-20(15)19-13/h7,9-10,12H,3-6,8,11H2,1-2H3,(H,17,21). The van der Waals surface area contributed by atoms with Crippen LogP contribution in [0.5, 0.6) is 0 Å². The number of hydrogen-bond donors (Lipinski definition) is 1. The third-order valence-electron chi connectivity index (χ3n) is 3.38. The molecule has 6 heteroatoms. The van der Waals surface area contributed by atoms with Crippen molar-refractivity contribution < 1.29 is 4.79 Å². The number of amides is 1. The second-order valence-corrected chi connectivity index (χ2v) is 5.39. The summed E-state index contributed by atoms with van der Waals surface area (Å²) in [5, 5.41) is 7.23. The molecule has 0 radical (unpaired) electrons. The van der Waals surface area contributed by atoms with Crippen LogP contribution in [0.4, 0.5) is 0 Å². The molecule has 0 aliphatic rings. The van der Waals surface area contributed by atoms with Gasteiger partial charge in [0.1, 0.15) is 0 Å². The van der Waals surface area contributed by atoms with E-state index in [2.05, 4.69) is 27.3 Å². The number of nitrogens with one attached hydrogen (secondary N) is 1. The van der Waals surface area contributed by atoms with Crippen LogP contribution < -0.4 is 5.32 Å². The van der Waals surface area contributed by atoms with Crippen LogP contribution >= 0.6 is 0 Å². The van der Waals surface area contributed by atoms with Gasteiger partial charge in [-0.15, -0.1) is 5.10 Å². The Hall–Kier alpha value is -1.98. The van der Waals surface area contributed by atoms with Crippen molar-refractivity contribution in [2.75, 3.05) is 0 Å². The first kappa shape index (κ1) is 15.4. The molecule has 6 nitrogen and oxygen atoms in total. The van der Waals surface area contributed by atoms with E-state index in [0.717, 1.165) is 12.8 Å². The molecule has 1 atom stereocenters. The van der Waals surface area contributed by atoms with Crippen molar-refractivity contribution in [3.63, 3.8) is 0 Å². The van der Waals surface area contributed by atoms with Crippen LogP contribution in [0, 0.1) is 0 Å². The highest BCUT2D eigenvalue weighted by Crippen LogP contribution is 2.05. The fourth-order valence-corrected chi connectivity index (χ4v) is 2.27. The van der Waals surface area contributed by atoms with Crippen molar-refractivity contribution in [3.8, 4) is 0 Å². The molecule has 2 aromatic heterocycles. The fraction of sp³-hybridized carbons (Fsp3) is 0.600. The zero-order valence-electron chi connectivity index (χ0n) is 12.7. The van der Waals surface area contributed by atoms with Crippen molar-refractivity contribution in [2.45, 2.75) is 58.4 Å². The molecule has 0 aromatic carbocycles. The predicted molar refractivity (Wildman–Crippen MR) is 80.8 cm³/mol. The van der Waals surface area contributed by atoms with E-state index in [9.17, 15) is 4.79 Å². The summed E-state index contributed by atoms with van der Waals surface area (Å²) in [6, 6.07) is 1.98. The number of aromatic nitrogens is 4. The summed E-state index contributed by atoms with van der Waals surface area (Å²) in [6.07, 6.45) is 9.53. The Bertz CT molecular complexity index is 547. The zero-order chi connectivity index (χ0) is 15.1. The van der Waals surface area contributed by atoms with Gasteiger partial charge in [0.15, 0.2) is 5.82 Å². The first-order valence-corrected chi connectivity index (χ1v) is 7.64. The van der Waals surface area contributed by atoms with E-state index >= 15 is 0 Å². The Balaban J connectivity index is 1.78. The molecule has 21 heavy (non-hydrogen) atoms. The number of hydrogen-bond acceptors (Lipinski definition) is 4. The van der Waals surface area contributed by atoms with E-state index in [1.807, 2.05) is 6.92 Å². The van der Waals surface area contributed by atoms with Crippen molar-refractivity contribution in [3.05, 3.63) is 24.3 Å². The molecule has 114 valence electrons. The Morgan fingerprint density at radius 2 is 2.24 bits per heavy atom. The molecule has 1 unspecified atom stereocenters. The van der Waals surface area contributed by atoms with Crippen molar-refractivity contribution in [2.24, 2.45) is 0 Å². The molecule has 2 aromatic rings. The Labute approximate surface area is 125 Å². The summed E-state index contributed by atoms with van der Waals surface area (Å²) < 4.78 is 1.58. The Morgan fingerprint density at radius 1 is 1.38 bits per heavy atom. The van der Waals surface area contributed by atoms with Crippen LogP contribution in [-0.4, -0.2) is 31.5 Å². The highest BCUT2D eigenvalue weighted by Gasteiger charge is 2.12. The van der Waals surface area contributed by atoms with E-state index in [1.54, 1.807) is 23.0 Å². The second kappa shape index (κ2) is 7.71. The summed E-state index contributed by atoms with van der Waals surface area (Å²) in [4.78, 5) is 20.3. The predicted octanol–water partition coefficient (Wildman–Crippen LogP) is 2.14. The lowest BCUT2D eigenvalue weighted by Crippen LogP contribution is -2.33. The van der Waals surface area contributed by atoms with E-state index in [0.29, 0.717) is 11.6 Å². The summed E-state index contributed by atoms with van der Waals surface area (Å²) in [5.74, 6) is 0.992. The molecular weight excluding hydrogens is 266 g/mol. The smallest absolute Gasteiger partial charge is 0.252 e. The maximum atomic E-state index is 12.0. The first-order chi connectivity index (χ1) is 10.2. The van der Waals surface area contributed by atoms with Gasteiger partial charge >= 0.3 is 0 Å². The normalized spacial score (nSPS) is 12.5. The van der Waals surface area contributed by atoms with E-state index in [4.69, 9.17) is 0 Å². The Morgan fingerprint density at radius 3 is 3.00 bits per heavy atom. The van der Waals surface area contributed by atoms with Crippen LogP contribution in [0.1, 0.15) is 51.8 Å². The Kier molecular flexibility index (Phi) is 5.66. The monoisotopic (exact) mass is 289 g/mol. The van der Waals surface area contributed by atoms with Gasteiger partial charge in [0, 0.05) is 18.4 Å². The maximum Gasteiger partial charge on any atom is 0.252 e. The number of unbranched alkanes of at least 4 members (excludes halogenated alkanes) is 3. The van der Waals surface area contributed by atoms with E-state index < -0.39 is 0 Å². The molecule has 0 saturated carbocycles. The minimum atomic E-state index is -0.0334. The fourth-order valence-electron chi connectivity index (χ4n) is 2.27. The number of nitrogens with zero attached hydrogens (tertiary/aromatic N) is 4. The average Bonchev–Trinajstić information content (AvgIpc) is 2.85. The molecule has 0 spiro atoms. The highest BCUT2D eigenvalue weighted by atomic mass is 16.1. The molecule has 0 aliphatic carbocycles. The van der Waals surface area contributed by atoms with Gasteiger partial charge in [-0.2, -0.15) is 4.98 Å². The maximum absolute atomic E-state index is 12.0. The average molecular weight is 289 g/mol. The van der Waals surface area contributed by atoms with Gasteiger partial charge in [0.05, 0.1) is 6.42 Å². The van der Waals surface area contributed by atoms with Crippen molar-refractivity contribution >= 4 is 11.7 Å². The highest BCUT2D eigenvalue weighted by molar-refractivity contribution is 5.78. The zero-order valence-corrected chi connectivity index (χ0v) is 12.7. The van der Waals surface area contributed by atoms with Gasteiger partial charge in [0.25, 0.3) is 5.78 Å². The molecule has 2 heterocycles. The summed E-state index contributed by atoms with van der Waals surface area (Å²) in [6.45, 7) is 4.24. The SMILES string of the molecule is CCCCCCC(C)NC(=O)Cc1nc2ncccn2n1. The second-order valence-electron chi connectivity index (χ2n) is 5.39. The topological polar surface area (TPSA) is 72.2 Å². The minimum Gasteiger partial charge on any atom is -0.353 e. The third-order valence-corrected chi connectivity index (χ3v) is 3.38. The molecule has 1 amide bonds. The quantitative estimate of drug-likeness (QED) is 0.756. The molecule has 0 bridgehead atoms. The number of fused-ring (bicyclic) bond motifs is 1. The largest absolute Gasteiger partial charge is 0.353 e. The number of carbonyl (C=O) groups excluding carboxylic acids is 1. The molecule has 1 N–H and O–H groups in total. The lowest BCUT2D eigenvalue weighted by molar-refractivity contribution is -0.121. The number of carbonyl (C=O) groups is 1. The van der Waals surface area contributed by atoms with Gasteiger partial charge in [-0.25, -0.2) is 9.50 Å². The molecule has 2 rings (SSSR count). The first-order valence-electron chi connectivity index (χ1n) is 7.64. The van der Waals surface area contributed by atoms with Crippen LogP contribution in [0.25, 0.3) is 5.78 Å². The van der Waals surface area contributed by atoms with E-state index in [-0.39, 0.29) is 18.4 Å². The molecule has 0 aliphatic heterocycles. The third kappa shape index (κ3) is 4.81. The molecular formula is C15H23N5O. The van der Waals surface area contributed by atoms with Crippen molar-refractivity contribution in [1.29, 1.82) is 0 Å². The van der Waals surface area contributed by atoms with E-state index in [1.165, 1.54) is 19.3 Å². The van der Waals surface area contributed by atoms with Crippen LogP contribution in [-0.2, 0) is 11.2 Å². The summed E-state index contributed by atoms with van der Waals surface area (Å²) in [5.41, 5.74) is 0. The molecule has 0 saturated heterocycles. The van der Waals surface area contributed by atoms with Gasteiger partial charge < -0.3 is 5.32 Å². The molecule has 0 fully saturated rings.